The number of aromatic amines is 1. The summed E-state index contributed by atoms with van der Waals surface area (Å²) in [6.45, 7) is 9.28. The molecule has 0 aliphatic carbocycles. The topological polar surface area (TPSA) is 46.5 Å². The van der Waals surface area contributed by atoms with Gasteiger partial charge in [0.1, 0.15) is 0 Å². The predicted octanol–water partition coefficient (Wildman–Crippen LogP) is 5.49. The summed E-state index contributed by atoms with van der Waals surface area (Å²) >= 11 is 0. The lowest BCUT2D eigenvalue weighted by molar-refractivity contribution is 0.370. The summed E-state index contributed by atoms with van der Waals surface area (Å²) in [4.78, 5) is 0. The van der Waals surface area contributed by atoms with E-state index in [-0.39, 0.29) is 10.8 Å². The van der Waals surface area contributed by atoms with Crippen molar-refractivity contribution in [2.24, 2.45) is 7.05 Å². The Morgan fingerprint density at radius 1 is 0.963 bits per heavy atom. The van der Waals surface area contributed by atoms with E-state index in [1.54, 1.807) is 0 Å². The van der Waals surface area contributed by atoms with E-state index in [4.69, 9.17) is 0 Å². The van der Waals surface area contributed by atoms with Crippen LogP contribution in [0.3, 0.4) is 0 Å². The Morgan fingerprint density at radius 2 is 1.70 bits per heavy atom. The third-order valence-corrected chi connectivity index (χ3v) is 6.01. The average Bonchev–Trinajstić information content (AvgIpc) is 3.24. The van der Waals surface area contributed by atoms with Crippen LogP contribution in [0.1, 0.15) is 51.8 Å². The highest BCUT2D eigenvalue weighted by Gasteiger charge is 2.30. The van der Waals surface area contributed by atoms with Crippen LogP contribution in [-0.2, 0) is 17.9 Å². The maximum atomic E-state index is 4.65. The minimum Gasteiger partial charge on any atom is -0.278 e. The van der Waals surface area contributed by atoms with Crippen molar-refractivity contribution < 1.29 is 0 Å². The monoisotopic (exact) mass is 360 g/mol. The van der Waals surface area contributed by atoms with Crippen LogP contribution in [0.5, 0.6) is 0 Å². The molecule has 2 aromatic heterocycles. The molecule has 2 heterocycles. The molecule has 4 nitrogen and oxygen atoms in total. The van der Waals surface area contributed by atoms with Crippen LogP contribution in [0.2, 0.25) is 0 Å². The second-order valence-corrected chi connectivity index (χ2v) is 8.93. The van der Waals surface area contributed by atoms with Crippen molar-refractivity contribution in [2.45, 2.75) is 51.4 Å². The SMILES string of the molecule is Cn1ncc2cc(C(C)(C)CCC(C)(C)c3n[nH]c4ccccc34)ccc21. The van der Waals surface area contributed by atoms with Gasteiger partial charge < -0.3 is 0 Å². The quantitative estimate of drug-likeness (QED) is 0.512. The van der Waals surface area contributed by atoms with Crippen LogP contribution in [-0.4, -0.2) is 20.0 Å². The minimum atomic E-state index is 0.00920. The Kier molecular flexibility index (Phi) is 4.10. The molecular weight excluding hydrogens is 332 g/mol. The van der Waals surface area contributed by atoms with Crippen LogP contribution in [0.25, 0.3) is 21.8 Å². The standard InChI is InChI=1S/C23H28N4/c1-22(2,17-10-11-20-16(14-17)15-24-27(20)5)12-13-23(3,4)21-18-8-6-7-9-19(18)25-26-21/h6-11,14-15H,12-13H2,1-5H3,(H,25,26). The second kappa shape index (κ2) is 6.22. The van der Waals surface area contributed by atoms with Gasteiger partial charge in [-0.3, -0.25) is 9.78 Å². The zero-order valence-electron chi connectivity index (χ0n) is 16.9. The Bertz CT molecular complexity index is 1100. The molecule has 0 spiro atoms. The molecule has 0 bridgehead atoms. The van der Waals surface area contributed by atoms with Crippen molar-refractivity contribution in [3.05, 3.63) is 59.9 Å². The van der Waals surface area contributed by atoms with Gasteiger partial charge in [0, 0.05) is 23.2 Å². The fraction of sp³-hybridized carbons (Fsp3) is 0.391. The number of nitrogens with one attached hydrogen (secondary N) is 1. The van der Waals surface area contributed by atoms with Gasteiger partial charge in [0.15, 0.2) is 0 Å². The number of aryl methyl sites for hydroxylation is 1. The van der Waals surface area contributed by atoms with E-state index in [1.807, 2.05) is 17.9 Å². The average molecular weight is 361 g/mol. The Balaban J connectivity index is 1.58. The van der Waals surface area contributed by atoms with Crippen LogP contribution in [0.4, 0.5) is 0 Å². The van der Waals surface area contributed by atoms with Crippen LogP contribution in [0, 0.1) is 0 Å². The summed E-state index contributed by atoms with van der Waals surface area (Å²) in [6.07, 6.45) is 4.11. The summed E-state index contributed by atoms with van der Waals surface area (Å²) in [5.74, 6) is 0. The van der Waals surface area contributed by atoms with Crippen LogP contribution >= 0.6 is 0 Å². The lowest BCUT2D eigenvalue weighted by Gasteiger charge is -2.31. The van der Waals surface area contributed by atoms with Gasteiger partial charge in [-0.05, 0) is 42.0 Å². The van der Waals surface area contributed by atoms with Gasteiger partial charge in [-0.1, -0.05) is 52.0 Å². The number of rotatable bonds is 5. The molecule has 0 radical (unpaired) electrons. The minimum absolute atomic E-state index is 0.00920. The number of para-hydroxylation sites is 1. The van der Waals surface area contributed by atoms with Gasteiger partial charge in [-0.15, -0.1) is 0 Å². The van der Waals surface area contributed by atoms with Crippen molar-refractivity contribution in [3.63, 3.8) is 0 Å². The Morgan fingerprint density at radius 3 is 2.52 bits per heavy atom. The molecule has 4 heteroatoms. The second-order valence-electron chi connectivity index (χ2n) is 8.93. The van der Waals surface area contributed by atoms with Gasteiger partial charge in [-0.2, -0.15) is 10.2 Å². The number of fused-ring (bicyclic) bond motifs is 2. The molecule has 4 rings (SSSR count). The number of benzene rings is 2. The molecule has 0 unspecified atom stereocenters. The van der Waals surface area contributed by atoms with E-state index in [1.165, 1.54) is 21.9 Å². The number of aromatic nitrogens is 4. The summed E-state index contributed by atoms with van der Waals surface area (Å²) in [6, 6.07) is 15.1. The highest BCUT2D eigenvalue weighted by molar-refractivity contribution is 5.82. The third-order valence-electron chi connectivity index (χ3n) is 6.01. The van der Waals surface area contributed by atoms with E-state index in [9.17, 15) is 0 Å². The molecule has 27 heavy (non-hydrogen) atoms. The van der Waals surface area contributed by atoms with Gasteiger partial charge >= 0.3 is 0 Å². The van der Waals surface area contributed by atoms with Crippen molar-refractivity contribution in [1.82, 2.24) is 20.0 Å². The number of hydrogen-bond acceptors (Lipinski definition) is 2. The molecule has 2 aromatic carbocycles. The first-order valence-electron chi connectivity index (χ1n) is 9.64. The molecule has 1 N–H and O–H groups in total. The van der Waals surface area contributed by atoms with Crippen molar-refractivity contribution >= 4 is 21.8 Å². The fourth-order valence-corrected chi connectivity index (χ4v) is 3.95. The molecular formula is C23H28N4. The zero-order chi connectivity index (χ0) is 19.2. The number of H-pyrrole nitrogens is 1. The summed E-state index contributed by atoms with van der Waals surface area (Å²) in [5, 5.41) is 14.6. The molecule has 0 fully saturated rings. The molecule has 4 aromatic rings. The van der Waals surface area contributed by atoms with Crippen LogP contribution < -0.4 is 0 Å². The van der Waals surface area contributed by atoms with E-state index in [0.29, 0.717) is 0 Å². The fourth-order valence-electron chi connectivity index (χ4n) is 3.95. The number of nitrogens with zero attached hydrogens (tertiary/aromatic N) is 3. The Hall–Kier alpha value is -2.62. The summed E-state index contributed by atoms with van der Waals surface area (Å²) in [7, 11) is 1.99. The first kappa shape index (κ1) is 17.8. The highest BCUT2D eigenvalue weighted by Crippen LogP contribution is 2.38. The Labute approximate surface area is 160 Å². The first-order chi connectivity index (χ1) is 12.8. The van der Waals surface area contributed by atoms with E-state index < -0.39 is 0 Å². The predicted molar refractivity (Wildman–Crippen MR) is 112 cm³/mol. The molecule has 0 aliphatic rings. The highest BCUT2D eigenvalue weighted by atomic mass is 15.2. The van der Waals surface area contributed by atoms with Gasteiger partial charge in [0.25, 0.3) is 0 Å². The summed E-state index contributed by atoms with van der Waals surface area (Å²) < 4.78 is 1.93. The molecule has 0 aliphatic heterocycles. The zero-order valence-corrected chi connectivity index (χ0v) is 16.9. The largest absolute Gasteiger partial charge is 0.278 e. The molecule has 0 saturated carbocycles. The molecule has 140 valence electrons. The van der Waals surface area contributed by atoms with Gasteiger partial charge in [0.2, 0.25) is 0 Å². The number of hydrogen-bond donors (Lipinski definition) is 1. The van der Waals surface area contributed by atoms with Crippen LogP contribution in [0.15, 0.2) is 48.7 Å². The lowest BCUT2D eigenvalue weighted by atomic mass is 9.73. The van der Waals surface area contributed by atoms with E-state index in [2.05, 4.69) is 85.5 Å². The molecule has 0 atom stereocenters. The van der Waals surface area contributed by atoms with Gasteiger partial charge in [0.05, 0.1) is 22.9 Å². The molecule has 0 amide bonds. The van der Waals surface area contributed by atoms with Crippen molar-refractivity contribution in [3.8, 4) is 0 Å². The normalized spacial score (nSPS) is 12.9. The van der Waals surface area contributed by atoms with E-state index in [0.717, 1.165) is 24.1 Å². The van der Waals surface area contributed by atoms with Crippen molar-refractivity contribution in [1.29, 1.82) is 0 Å². The van der Waals surface area contributed by atoms with Crippen molar-refractivity contribution in [2.75, 3.05) is 0 Å². The van der Waals surface area contributed by atoms with Gasteiger partial charge in [-0.25, -0.2) is 0 Å². The smallest absolute Gasteiger partial charge is 0.0756 e. The maximum absolute atomic E-state index is 4.65. The lowest BCUT2D eigenvalue weighted by Crippen LogP contribution is -2.25. The summed E-state index contributed by atoms with van der Waals surface area (Å²) in [5.41, 5.74) is 4.92. The van der Waals surface area contributed by atoms with E-state index >= 15 is 0 Å². The maximum Gasteiger partial charge on any atom is 0.0756 e. The first-order valence-corrected chi connectivity index (χ1v) is 9.64. The third kappa shape index (κ3) is 3.14. The molecule has 0 saturated heterocycles.